The number of aromatic nitrogens is 2. The van der Waals surface area contributed by atoms with Crippen LogP contribution in [0.15, 0.2) is 87.8 Å². The molecule has 0 aliphatic carbocycles. The SMILES string of the molecule is CCOC(=O)C1=C(C)N=c2s/c(=C\c3c(-c4ccccc4)[nH]c4c(OC)cccc34)c(=O)n2[C@H]1c1ccc2c(c1)OCO2. The fourth-order valence-electron chi connectivity index (χ4n) is 5.69. The largest absolute Gasteiger partial charge is 0.495 e. The van der Waals surface area contributed by atoms with Gasteiger partial charge in [-0.25, -0.2) is 9.79 Å². The van der Waals surface area contributed by atoms with Crippen molar-refractivity contribution < 1.29 is 23.7 Å². The van der Waals surface area contributed by atoms with Crippen molar-refractivity contribution in [2.24, 2.45) is 4.99 Å². The lowest BCUT2D eigenvalue weighted by atomic mass is 9.95. The number of carbonyl (C=O) groups excluding carboxylic acids is 1. The zero-order valence-electron chi connectivity index (χ0n) is 23.7. The number of ether oxygens (including phenoxy) is 4. The Morgan fingerprint density at radius 1 is 1.12 bits per heavy atom. The van der Waals surface area contributed by atoms with E-state index in [2.05, 4.69) is 4.98 Å². The molecule has 2 aliphatic rings. The summed E-state index contributed by atoms with van der Waals surface area (Å²) < 4.78 is 24.2. The van der Waals surface area contributed by atoms with Crippen LogP contribution in [0.5, 0.6) is 17.2 Å². The van der Waals surface area contributed by atoms with Crippen molar-refractivity contribution in [1.82, 2.24) is 9.55 Å². The number of hydrogen-bond donors (Lipinski definition) is 1. The second-order valence-electron chi connectivity index (χ2n) is 10.1. The quantitative estimate of drug-likeness (QED) is 0.287. The smallest absolute Gasteiger partial charge is 0.338 e. The van der Waals surface area contributed by atoms with Crippen molar-refractivity contribution in [3.63, 3.8) is 0 Å². The molecule has 0 saturated carbocycles. The molecule has 1 N–H and O–H groups in total. The number of methoxy groups -OCH3 is 1. The van der Waals surface area contributed by atoms with Gasteiger partial charge < -0.3 is 23.9 Å². The van der Waals surface area contributed by atoms with E-state index in [1.54, 1.807) is 31.6 Å². The second kappa shape index (κ2) is 10.6. The van der Waals surface area contributed by atoms with E-state index in [0.717, 1.165) is 27.7 Å². The summed E-state index contributed by atoms with van der Waals surface area (Å²) in [5.74, 6) is 1.35. The van der Waals surface area contributed by atoms with Gasteiger partial charge in [-0.1, -0.05) is 59.9 Å². The summed E-state index contributed by atoms with van der Waals surface area (Å²) in [4.78, 5) is 36.3. The minimum Gasteiger partial charge on any atom is -0.495 e. The second-order valence-corrected chi connectivity index (χ2v) is 11.1. The molecule has 7 rings (SSSR count). The molecule has 2 aromatic heterocycles. The van der Waals surface area contributed by atoms with Gasteiger partial charge in [0.1, 0.15) is 5.75 Å². The lowest BCUT2D eigenvalue weighted by Gasteiger charge is -2.24. The number of thiazole rings is 1. The standard InChI is InChI=1S/C33H27N3O6S/c1-4-40-32(38)27-18(2)34-33-36(30(27)20-13-14-23-25(15-20)42-17-41-23)31(37)26(43-33)16-22-21-11-8-12-24(39-3)29(21)35-28(22)19-9-6-5-7-10-19/h5-16,30,35H,4,17H2,1-3H3/b26-16-/t30-/m0/s1. The zero-order valence-corrected chi connectivity index (χ0v) is 24.5. The molecule has 0 saturated heterocycles. The van der Waals surface area contributed by atoms with Crippen LogP contribution in [-0.2, 0) is 9.53 Å². The summed E-state index contributed by atoms with van der Waals surface area (Å²) in [5.41, 5.74) is 4.75. The van der Waals surface area contributed by atoms with Gasteiger partial charge in [-0.15, -0.1) is 0 Å². The van der Waals surface area contributed by atoms with Gasteiger partial charge >= 0.3 is 5.97 Å². The van der Waals surface area contributed by atoms with Crippen LogP contribution in [0, 0.1) is 0 Å². The molecule has 3 aromatic carbocycles. The van der Waals surface area contributed by atoms with Crippen molar-refractivity contribution in [2.45, 2.75) is 19.9 Å². The van der Waals surface area contributed by atoms with E-state index in [9.17, 15) is 9.59 Å². The monoisotopic (exact) mass is 593 g/mol. The van der Waals surface area contributed by atoms with Crippen molar-refractivity contribution >= 4 is 34.3 Å². The average Bonchev–Trinajstić information content (AvgIpc) is 3.72. The summed E-state index contributed by atoms with van der Waals surface area (Å²) in [5, 5.41) is 0.916. The Bertz CT molecular complexity index is 2120. The number of aromatic amines is 1. The highest BCUT2D eigenvalue weighted by Crippen LogP contribution is 2.39. The van der Waals surface area contributed by atoms with E-state index in [4.69, 9.17) is 23.9 Å². The van der Waals surface area contributed by atoms with E-state index < -0.39 is 12.0 Å². The Morgan fingerprint density at radius 3 is 2.72 bits per heavy atom. The minimum absolute atomic E-state index is 0.111. The molecule has 0 amide bonds. The Balaban J connectivity index is 1.48. The Morgan fingerprint density at radius 2 is 1.93 bits per heavy atom. The average molecular weight is 594 g/mol. The summed E-state index contributed by atoms with van der Waals surface area (Å²) in [6.45, 7) is 3.82. The summed E-state index contributed by atoms with van der Waals surface area (Å²) in [6, 6.07) is 20.5. The fraction of sp³-hybridized carbons (Fsp3) is 0.182. The molecule has 0 spiro atoms. The van der Waals surface area contributed by atoms with Crippen molar-refractivity contribution in [2.75, 3.05) is 20.5 Å². The molecule has 1 atom stereocenters. The molecule has 10 heteroatoms. The van der Waals surface area contributed by atoms with Gasteiger partial charge in [0.05, 0.1) is 46.8 Å². The van der Waals surface area contributed by atoms with Gasteiger partial charge in [-0.05, 0) is 49.2 Å². The molecule has 0 radical (unpaired) electrons. The third-order valence-corrected chi connectivity index (χ3v) is 8.61. The number of allylic oxidation sites excluding steroid dienone is 1. The van der Waals surface area contributed by atoms with Gasteiger partial charge in [-0.3, -0.25) is 9.36 Å². The van der Waals surface area contributed by atoms with Gasteiger partial charge in [0, 0.05) is 10.9 Å². The number of nitrogens with one attached hydrogen (secondary N) is 1. The number of carbonyl (C=O) groups is 1. The molecule has 5 aromatic rings. The zero-order chi connectivity index (χ0) is 29.7. The van der Waals surface area contributed by atoms with Gasteiger partial charge in [-0.2, -0.15) is 0 Å². The molecular weight excluding hydrogens is 566 g/mol. The van der Waals surface area contributed by atoms with Crippen LogP contribution in [0.2, 0.25) is 0 Å². The Kier molecular flexibility index (Phi) is 6.62. The van der Waals surface area contributed by atoms with Gasteiger partial charge in [0.15, 0.2) is 16.3 Å². The molecule has 216 valence electrons. The number of para-hydroxylation sites is 1. The van der Waals surface area contributed by atoms with Crippen molar-refractivity contribution in [1.29, 1.82) is 0 Å². The maximum atomic E-state index is 14.3. The maximum Gasteiger partial charge on any atom is 0.338 e. The van der Waals surface area contributed by atoms with Crippen LogP contribution in [0.1, 0.15) is 31.0 Å². The number of esters is 1. The van der Waals surface area contributed by atoms with Crippen molar-refractivity contribution in [3.05, 3.63) is 109 Å². The number of hydrogen-bond acceptors (Lipinski definition) is 8. The number of fused-ring (bicyclic) bond motifs is 3. The van der Waals surface area contributed by atoms with E-state index in [-0.39, 0.29) is 19.0 Å². The summed E-state index contributed by atoms with van der Waals surface area (Å²) in [7, 11) is 1.63. The predicted octanol–water partition coefficient (Wildman–Crippen LogP) is 4.68. The molecule has 0 bridgehead atoms. The predicted molar refractivity (Wildman–Crippen MR) is 163 cm³/mol. The highest BCUT2D eigenvalue weighted by Gasteiger charge is 2.34. The third-order valence-electron chi connectivity index (χ3n) is 7.62. The summed E-state index contributed by atoms with van der Waals surface area (Å²) in [6.07, 6.45) is 1.89. The lowest BCUT2D eigenvalue weighted by Crippen LogP contribution is -2.39. The third kappa shape index (κ3) is 4.42. The minimum atomic E-state index is -0.761. The van der Waals surface area contributed by atoms with Crippen LogP contribution >= 0.6 is 11.3 Å². The highest BCUT2D eigenvalue weighted by molar-refractivity contribution is 7.07. The van der Waals surface area contributed by atoms with Crippen LogP contribution in [0.25, 0.3) is 28.2 Å². The number of H-pyrrole nitrogens is 1. The van der Waals surface area contributed by atoms with Crippen LogP contribution in [0.3, 0.4) is 0 Å². The lowest BCUT2D eigenvalue weighted by molar-refractivity contribution is -0.139. The number of benzene rings is 3. The van der Waals surface area contributed by atoms with E-state index in [1.807, 2.05) is 66.7 Å². The van der Waals surface area contributed by atoms with Crippen LogP contribution in [-0.4, -0.2) is 36.0 Å². The Hall–Kier alpha value is -5.09. The van der Waals surface area contributed by atoms with Gasteiger partial charge in [0.25, 0.3) is 5.56 Å². The first-order valence-corrected chi connectivity index (χ1v) is 14.6. The summed E-state index contributed by atoms with van der Waals surface area (Å²) >= 11 is 1.28. The topological polar surface area (TPSA) is 104 Å². The first-order chi connectivity index (χ1) is 21.0. The van der Waals surface area contributed by atoms with E-state index in [1.165, 1.54) is 11.3 Å². The van der Waals surface area contributed by atoms with Crippen LogP contribution < -0.4 is 29.1 Å². The van der Waals surface area contributed by atoms with E-state index >= 15 is 0 Å². The van der Waals surface area contributed by atoms with Gasteiger partial charge in [0.2, 0.25) is 6.79 Å². The van der Waals surface area contributed by atoms with E-state index in [0.29, 0.717) is 43.4 Å². The molecule has 0 fully saturated rings. The molecule has 4 heterocycles. The molecule has 43 heavy (non-hydrogen) atoms. The molecule has 0 unspecified atom stereocenters. The first-order valence-electron chi connectivity index (χ1n) is 13.8. The maximum absolute atomic E-state index is 14.3. The first kappa shape index (κ1) is 26.8. The highest BCUT2D eigenvalue weighted by atomic mass is 32.1. The number of rotatable bonds is 6. The molecule has 2 aliphatic heterocycles. The molecule has 9 nitrogen and oxygen atoms in total. The normalized spacial score (nSPS) is 15.9. The molecular formula is C33H27N3O6S. The Labute approximate surface area is 249 Å². The van der Waals surface area contributed by atoms with Crippen LogP contribution in [0.4, 0.5) is 0 Å². The van der Waals surface area contributed by atoms with Crippen molar-refractivity contribution in [3.8, 4) is 28.5 Å². The fourth-order valence-corrected chi connectivity index (χ4v) is 6.71. The number of nitrogens with zero attached hydrogens (tertiary/aromatic N) is 2.